The van der Waals surface area contributed by atoms with Crippen molar-refractivity contribution < 1.29 is 28.2 Å². The fourth-order valence-corrected chi connectivity index (χ4v) is 8.48. The van der Waals surface area contributed by atoms with E-state index in [0.29, 0.717) is 13.0 Å². The summed E-state index contributed by atoms with van der Waals surface area (Å²) in [4.78, 5) is 37.7. The number of benzene rings is 3. The second-order valence-corrected chi connectivity index (χ2v) is 19.4. The van der Waals surface area contributed by atoms with E-state index in [1.807, 2.05) is 80.6 Å². The van der Waals surface area contributed by atoms with Gasteiger partial charge in [0.05, 0.1) is 39.3 Å². The number of rotatable bonds is 14. The van der Waals surface area contributed by atoms with E-state index in [-0.39, 0.29) is 41.6 Å². The summed E-state index contributed by atoms with van der Waals surface area (Å²) in [6, 6.07) is 25.6. The zero-order valence-corrected chi connectivity index (χ0v) is 32.7. The van der Waals surface area contributed by atoms with Gasteiger partial charge in [-0.2, -0.15) is 4.98 Å². The van der Waals surface area contributed by atoms with Crippen molar-refractivity contribution in [1.29, 1.82) is 0 Å². The fraction of sp³-hybridized carbons (Fsp3) is 0.400. The van der Waals surface area contributed by atoms with Crippen LogP contribution in [-0.4, -0.2) is 78.9 Å². The second kappa shape index (κ2) is 14.8. The number of imidazole rings is 1. The molecule has 2 aromatic heterocycles. The normalized spacial score (nSPS) is 21.6. The number of methoxy groups -OCH3 is 2. The number of nitrogens with one attached hydrogen (secondary N) is 3. The lowest BCUT2D eigenvalue weighted by molar-refractivity contribution is -0.159. The quantitative estimate of drug-likeness (QED) is 0.0968. The lowest BCUT2D eigenvalue weighted by atomic mass is 9.79. The van der Waals surface area contributed by atoms with Crippen molar-refractivity contribution in [2.75, 3.05) is 32.7 Å². The maximum atomic E-state index is 13.2. The Morgan fingerprint density at radius 2 is 1.61 bits per heavy atom. The maximum absolute atomic E-state index is 13.2. The van der Waals surface area contributed by atoms with Crippen molar-refractivity contribution in [2.45, 2.75) is 69.5 Å². The molecule has 2 fully saturated rings. The van der Waals surface area contributed by atoms with Gasteiger partial charge in [-0.25, -0.2) is 4.98 Å². The molecule has 1 unspecified atom stereocenters. The average molecular weight is 753 g/mol. The van der Waals surface area contributed by atoms with Crippen LogP contribution in [0.1, 0.15) is 43.2 Å². The molecule has 2 aliphatic rings. The lowest BCUT2D eigenvalue weighted by Crippen LogP contribution is -2.52. The summed E-state index contributed by atoms with van der Waals surface area (Å²) in [7, 11) is 1.13. The third kappa shape index (κ3) is 6.84. The number of amides is 1. The first kappa shape index (κ1) is 37.5. The van der Waals surface area contributed by atoms with Gasteiger partial charge in [-0.3, -0.25) is 24.5 Å². The molecule has 0 spiro atoms. The molecule has 0 radical (unpaired) electrons. The van der Waals surface area contributed by atoms with Crippen molar-refractivity contribution in [3.8, 4) is 11.5 Å². The van der Waals surface area contributed by atoms with E-state index in [4.69, 9.17) is 23.4 Å². The highest BCUT2D eigenvalue weighted by Gasteiger charge is 2.63. The van der Waals surface area contributed by atoms with Crippen molar-refractivity contribution in [3.05, 3.63) is 112 Å². The first-order valence-corrected chi connectivity index (χ1v) is 21.7. The van der Waals surface area contributed by atoms with E-state index in [1.165, 1.54) is 0 Å². The lowest BCUT2D eigenvalue weighted by Gasteiger charge is -2.41. The van der Waals surface area contributed by atoms with Gasteiger partial charge in [0, 0.05) is 12.5 Å². The van der Waals surface area contributed by atoms with Crippen molar-refractivity contribution in [2.24, 2.45) is 5.92 Å². The molecule has 3 aromatic carbocycles. The predicted molar refractivity (Wildman–Crippen MR) is 207 cm³/mol. The third-order valence-electron chi connectivity index (χ3n) is 10.3. The minimum absolute atomic E-state index is 0.0511. The molecule has 0 saturated carbocycles. The monoisotopic (exact) mass is 752 g/mol. The number of carbonyl (C=O) groups is 1. The number of H-pyrrole nitrogens is 1. The summed E-state index contributed by atoms with van der Waals surface area (Å²) in [5.41, 5.74) is 0.630. The Morgan fingerprint density at radius 3 is 2.19 bits per heavy atom. The van der Waals surface area contributed by atoms with Crippen molar-refractivity contribution in [1.82, 2.24) is 24.8 Å². The predicted octanol–water partition coefficient (Wildman–Crippen LogP) is 5.59. The first-order chi connectivity index (χ1) is 25.9. The number of aromatic amines is 1. The van der Waals surface area contributed by atoms with Gasteiger partial charge in [0.25, 0.3) is 5.56 Å². The Labute approximate surface area is 315 Å². The Hall–Kier alpha value is -4.86. The van der Waals surface area contributed by atoms with Gasteiger partial charge in [-0.05, 0) is 67.0 Å². The minimum atomic E-state index is -2.17. The highest BCUT2D eigenvalue weighted by molar-refractivity contribution is 6.69. The van der Waals surface area contributed by atoms with Gasteiger partial charge < -0.3 is 28.7 Å². The van der Waals surface area contributed by atoms with Crippen LogP contribution >= 0.6 is 0 Å². The Balaban J connectivity index is 1.32. The van der Waals surface area contributed by atoms with Crippen LogP contribution in [0.15, 0.2) is 90.0 Å². The van der Waals surface area contributed by atoms with E-state index in [1.54, 1.807) is 25.1 Å². The number of morpholine rings is 1. The molecule has 0 aliphatic carbocycles. The molecule has 3 N–H and O–H groups in total. The Kier molecular flexibility index (Phi) is 10.2. The van der Waals surface area contributed by atoms with E-state index in [9.17, 15) is 9.59 Å². The highest BCUT2D eigenvalue weighted by Crippen LogP contribution is 2.48. The van der Waals surface area contributed by atoms with E-state index in [0.717, 1.165) is 28.2 Å². The van der Waals surface area contributed by atoms with E-state index in [2.05, 4.69) is 57.4 Å². The Morgan fingerprint density at radius 1 is 1.00 bits per heavy atom. The molecule has 284 valence electrons. The summed E-state index contributed by atoms with van der Waals surface area (Å²) >= 11 is 0. The molecule has 2 saturated heterocycles. The number of carbonyl (C=O) groups excluding carboxylic acids is 1. The highest BCUT2D eigenvalue weighted by atomic mass is 28.4. The molecule has 4 heterocycles. The van der Waals surface area contributed by atoms with Crippen LogP contribution in [0.5, 0.6) is 11.5 Å². The van der Waals surface area contributed by atoms with Crippen molar-refractivity contribution in [3.63, 3.8) is 0 Å². The molecule has 54 heavy (non-hydrogen) atoms. The first-order valence-electron chi connectivity index (χ1n) is 18.3. The number of fused-ring (bicyclic) bond motifs is 3. The molecule has 5 atom stereocenters. The topological polar surface area (TPSA) is 151 Å². The summed E-state index contributed by atoms with van der Waals surface area (Å²) in [5, 5.41) is 6.42. The van der Waals surface area contributed by atoms with Gasteiger partial charge in [-0.15, -0.1) is 0 Å². The molecule has 5 aromatic rings. The number of anilines is 1. The molecule has 14 heteroatoms. The molecule has 1 amide bonds. The summed E-state index contributed by atoms with van der Waals surface area (Å²) in [6.07, 6.45) is 1.13. The van der Waals surface area contributed by atoms with Crippen LogP contribution in [0, 0.1) is 5.92 Å². The zero-order valence-electron chi connectivity index (χ0n) is 31.7. The molecular formula is C40H48N6O7Si. The smallest absolute Gasteiger partial charge is 0.280 e. The second-order valence-electron chi connectivity index (χ2n) is 15.0. The largest absolute Gasteiger partial charge is 0.497 e. The van der Waals surface area contributed by atoms with Gasteiger partial charge in [0.1, 0.15) is 22.7 Å². The van der Waals surface area contributed by atoms with Crippen LogP contribution < -0.4 is 25.7 Å². The minimum Gasteiger partial charge on any atom is -0.497 e. The fourth-order valence-electron chi connectivity index (χ4n) is 7.36. The SMILES string of the molecule is CCC(C)C(=O)Nc1nc2c(ncn2[C@@H]2O[C@@]3(COC(c4ccccc4)(c4ccc(OC)cc4)c4ccc(OC)cc4)CN[C@@H]2[C@@H]3O[Si](C)(C)C)c(=O)[nH]1. The van der Waals surface area contributed by atoms with Crippen LogP contribution in [0.4, 0.5) is 5.95 Å². The van der Waals surface area contributed by atoms with Crippen molar-refractivity contribution >= 4 is 31.3 Å². The maximum Gasteiger partial charge on any atom is 0.280 e. The van der Waals surface area contributed by atoms with Gasteiger partial charge in [-0.1, -0.05) is 68.4 Å². The van der Waals surface area contributed by atoms with Gasteiger partial charge >= 0.3 is 0 Å². The van der Waals surface area contributed by atoms with Gasteiger partial charge in [0.15, 0.2) is 25.7 Å². The molecule has 13 nitrogen and oxygen atoms in total. The standard InChI is InChI=1S/C40H48N6O7Si/c1-8-25(2)35(47)44-38-43-34-32(36(48)45-38)42-24-46(34)37-31-33(53-54(5,6)7)39(52-37,22-41-31)23-51-40(26-12-10-9-11-13-26,27-14-18-29(49-3)19-15-27)28-16-20-30(50-4)21-17-28/h9-21,24-25,31,33,37,41H,8,22-23H2,1-7H3,(H2,43,44,45,47,48)/t25?,31-,33+,37-,39-/m1/s1. The molecule has 2 aliphatic heterocycles. The van der Waals surface area contributed by atoms with Gasteiger partial charge in [0.2, 0.25) is 11.9 Å². The number of nitrogens with zero attached hydrogens (tertiary/aromatic N) is 3. The number of aromatic nitrogens is 4. The molecule has 2 bridgehead atoms. The Bertz CT molecular complexity index is 2100. The molecule has 7 rings (SSSR count). The number of hydrogen-bond donors (Lipinski definition) is 3. The van der Waals surface area contributed by atoms with E-state index >= 15 is 0 Å². The summed E-state index contributed by atoms with van der Waals surface area (Å²) < 4.78 is 34.3. The van der Waals surface area contributed by atoms with Crippen LogP contribution in [0.25, 0.3) is 11.2 Å². The third-order valence-corrected chi connectivity index (χ3v) is 11.3. The number of ether oxygens (including phenoxy) is 4. The summed E-state index contributed by atoms with van der Waals surface area (Å²) in [5.74, 6) is 1.01. The van der Waals surface area contributed by atoms with Crippen LogP contribution in [0.3, 0.4) is 0 Å². The zero-order chi connectivity index (χ0) is 38.3. The van der Waals surface area contributed by atoms with Crippen LogP contribution in [0.2, 0.25) is 19.6 Å². The van der Waals surface area contributed by atoms with E-state index < -0.39 is 37.4 Å². The number of hydrogen-bond acceptors (Lipinski definition) is 10. The summed E-state index contributed by atoms with van der Waals surface area (Å²) in [6.45, 7) is 10.8. The average Bonchev–Trinajstić information content (AvgIpc) is 3.84. The molecular weight excluding hydrogens is 705 g/mol. The van der Waals surface area contributed by atoms with Crippen LogP contribution in [-0.2, 0) is 24.3 Å².